The second-order valence-corrected chi connectivity index (χ2v) is 7.54. The Morgan fingerprint density at radius 1 is 1.10 bits per heavy atom. The molecule has 0 aromatic heterocycles. The Bertz CT molecular complexity index is 1070. The number of nitrogens with two attached hydrogens (primary N) is 1. The van der Waals surface area contributed by atoms with Crippen LogP contribution in [0.3, 0.4) is 0 Å². The number of phenolic OH excluding ortho intramolecular Hbond substituents is 2. The lowest BCUT2D eigenvalue weighted by atomic mass is 9.96. The van der Waals surface area contributed by atoms with Crippen LogP contribution in [0.5, 0.6) is 11.5 Å². The largest absolute Gasteiger partial charge is 0.508 e. The van der Waals surface area contributed by atoms with Crippen molar-refractivity contribution in [3.63, 3.8) is 0 Å². The number of halogens is 2. The highest BCUT2D eigenvalue weighted by Crippen LogP contribution is 2.39. The van der Waals surface area contributed by atoms with Gasteiger partial charge in [0.15, 0.2) is 5.78 Å². The van der Waals surface area contributed by atoms with E-state index in [0.717, 1.165) is 12.0 Å². The highest BCUT2D eigenvalue weighted by Gasteiger charge is 2.18. The first-order valence-electron chi connectivity index (χ1n) is 9.09. The first kappa shape index (κ1) is 21.0. The molecule has 1 aliphatic carbocycles. The first-order chi connectivity index (χ1) is 13.8. The minimum Gasteiger partial charge on any atom is -0.508 e. The smallest absolute Gasteiger partial charge is 0.180 e. The molecule has 1 aliphatic rings. The zero-order valence-electron chi connectivity index (χ0n) is 15.7. The molecule has 2 aromatic carbocycles. The third-order valence-electron chi connectivity index (χ3n) is 4.58. The van der Waals surface area contributed by atoms with E-state index in [-0.39, 0.29) is 22.3 Å². The third-order valence-corrected chi connectivity index (χ3v) is 5.23. The Morgan fingerprint density at radius 2 is 1.86 bits per heavy atom. The molecule has 29 heavy (non-hydrogen) atoms. The quantitative estimate of drug-likeness (QED) is 0.447. The van der Waals surface area contributed by atoms with Crippen LogP contribution in [0.2, 0.25) is 5.02 Å². The number of anilines is 1. The lowest BCUT2D eigenvalue weighted by molar-refractivity contribution is -0.110. The fraction of sp³-hybridized carbons (Fsp3) is 0.182. The number of phenols is 2. The minimum atomic E-state index is -0.207. The van der Waals surface area contributed by atoms with E-state index in [1.807, 2.05) is 6.92 Å². The molecule has 0 heterocycles. The number of hydrogen-bond donors (Lipinski definition) is 3. The van der Waals surface area contributed by atoms with E-state index >= 15 is 0 Å². The van der Waals surface area contributed by atoms with Crippen molar-refractivity contribution in [3.05, 3.63) is 69.2 Å². The van der Waals surface area contributed by atoms with Crippen molar-refractivity contribution in [3.8, 4) is 11.5 Å². The predicted octanol–water partition coefficient (Wildman–Crippen LogP) is 5.21. The van der Waals surface area contributed by atoms with E-state index in [1.54, 1.807) is 12.1 Å². The minimum absolute atomic E-state index is 0.0686. The van der Waals surface area contributed by atoms with Gasteiger partial charge in [0.05, 0.1) is 22.1 Å². The second-order valence-electron chi connectivity index (χ2n) is 6.72. The number of allylic oxidation sites excluding steroid dienone is 4. The monoisotopic (exact) mass is 430 g/mol. The van der Waals surface area contributed by atoms with Gasteiger partial charge in [0, 0.05) is 28.6 Å². The van der Waals surface area contributed by atoms with Crippen LogP contribution in [0.1, 0.15) is 30.0 Å². The number of nitrogen functional groups attached to an aromatic ring is 1. The molecule has 0 aliphatic heterocycles. The van der Waals surface area contributed by atoms with E-state index in [4.69, 9.17) is 28.9 Å². The maximum Gasteiger partial charge on any atom is 0.180 e. The van der Waals surface area contributed by atoms with Gasteiger partial charge in [-0.05, 0) is 42.3 Å². The van der Waals surface area contributed by atoms with Crippen LogP contribution in [0.15, 0.2) is 52.5 Å². The standard InChI is InChI=1S/C22H20Cl2N2O3/c1-2-3-16-21(25)20(26-19-7-6-15(28)11-18(19)24)9-13(22(16)29)8-12-4-5-14(27)10-17(12)23/h4-7,9-11,27,29H,2-3,8,25H2,1H3. The maximum atomic E-state index is 11.4. The number of rotatable bonds is 5. The molecule has 0 atom stereocenters. The number of carbonyl (C=O) groups excluding carboxylic acids is 1. The van der Waals surface area contributed by atoms with Gasteiger partial charge in [0.1, 0.15) is 11.5 Å². The van der Waals surface area contributed by atoms with E-state index in [1.165, 1.54) is 30.4 Å². The van der Waals surface area contributed by atoms with Gasteiger partial charge in [-0.1, -0.05) is 42.6 Å². The highest BCUT2D eigenvalue weighted by atomic mass is 35.5. The van der Waals surface area contributed by atoms with Crippen LogP contribution in [0.4, 0.5) is 11.4 Å². The van der Waals surface area contributed by atoms with Crippen LogP contribution in [-0.4, -0.2) is 21.7 Å². The van der Waals surface area contributed by atoms with Gasteiger partial charge in [-0.25, -0.2) is 4.99 Å². The zero-order chi connectivity index (χ0) is 21.1. The lowest BCUT2D eigenvalue weighted by Crippen LogP contribution is -2.05. The number of benzene rings is 2. The molecule has 0 amide bonds. The van der Waals surface area contributed by atoms with Crippen molar-refractivity contribution >= 4 is 46.1 Å². The normalized spacial score (nSPS) is 15.1. The van der Waals surface area contributed by atoms with Crippen LogP contribution < -0.4 is 5.73 Å². The second kappa shape index (κ2) is 8.72. The van der Waals surface area contributed by atoms with Gasteiger partial charge in [-0.15, -0.1) is 0 Å². The summed E-state index contributed by atoms with van der Waals surface area (Å²) in [4.78, 5) is 16.0. The molecule has 3 rings (SSSR count). The van der Waals surface area contributed by atoms with Crippen molar-refractivity contribution < 1.29 is 15.0 Å². The van der Waals surface area contributed by atoms with E-state index in [0.29, 0.717) is 46.1 Å². The summed E-state index contributed by atoms with van der Waals surface area (Å²) in [6, 6.07) is 6.38. The summed E-state index contributed by atoms with van der Waals surface area (Å²) in [5.74, 6) is -0.0329. The maximum absolute atomic E-state index is 11.4. The van der Waals surface area contributed by atoms with Gasteiger partial charge in [-0.3, -0.25) is 4.79 Å². The average Bonchev–Trinajstić information content (AvgIpc) is 2.66. The summed E-state index contributed by atoms with van der Waals surface area (Å²) < 4.78 is 0. The summed E-state index contributed by atoms with van der Waals surface area (Å²) >= 11 is 12.4. The SMILES string of the molecule is CCCc1c(N)c(N=C2C=CC(=O)C=C2Cl)cc(Cc2ccc(O)cc2Cl)c1O. The Kier molecular flexibility index (Phi) is 6.30. The number of carbonyl (C=O) groups is 1. The molecule has 150 valence electrons. The van der Waals surface area contributed by atoms with Crippen molar-refractivity contribution in [2.75, 3.05) is 5.73 Å². The molecule has 5 nitrogen and oxygen atoms in total. The number of aliphatic imine (C=N–C) groups is 1. The molecule has 0 saturated heterocycles. The summed E-state index contributed by atoms with van der Waals surface area (Å²) in [6.45, 7) is 1.99. The van der Waals surface area contributed by atoms with Crippen molar-refractivity contribution in [1.82, 2.24) is 0 Å². The molecule has 0 bridgehead atoms. The van der Waals surface area contributed by atoms with Gasteiger partial charge in [-0.2, -0.15) is 0 Å². The number of ketones is 1. The van der Waals surface area contributed by atoms with Gasteiger partial charge in [0.2, 0.25) is 0 Å². The Labute approximate surface area is 178 Å². The molecule has 0 saturated carbocycles. The molecule has 0 radical (unpaired) electrons. The predicted molar refractivity (Wildman–Crippen MR) is 118 cm³/mol. The Balaban J connectivity index is 2.11. The molecule has 0 unspecified atom stereocenters. The molecule has 2 aromatic rings. The highest BCUT2D eigenvalue weighted by molar-refractivity contribution is 6.48. The van der Waals surface area contributed by atoms with E-state index in [9.17, 15) is 15.0 Å². The molecule has 4 N–H and O–H groups in total. The summed E-state index contributed by atoms with van der Waals surface area (Å²) in [7, 11) is 0. The topological polar surface area (TPSA) is 95.9 Å². The fourth-order valence-electron chi connectivity index (χ4n) is 3.11. The Morgan fingerprint density at radius 3 is 2.52 bits per heavy atom. The lowest BCUT2D eigenvalue weighted by Gasteiger charge is -2.16. The summed E-state index contributed by atoms with van der Waals surface area (Å²) in [5, 5.41) is 21.0. The molecular weight excluding hydrogens is 411 g/mol. The van der Waals surface area contributed by atoms with E-state index in [2.05, 4.69) is 4.99 Å². The van der Waals surface area contributed by atoms with Gasteiger partial charge >= 0.3 is 0 Å². The number of hydrogen-bond acceptors (Lipinski definition) is 5. The zero-order valence-corrected chi connectivity index (χ0v) is 17.3. The number of nitrogens with zero attached hydrogens (tertiary/aromatic N) is 1. The van der Waals surface area contributed by atoms with Crippen LogP contribution >= 0.6 is 23.2 Å². The molecule has 7 heteroatoms. The van der Waals surface area contributed by atoms with Crippen LogP contribution in [0.25, 0.3) is 0 Å². The van der Waals surface area contributed by atoms with E-state index < -0.39 is 0 Å². The van der Waals surface area contributed by atoms with Crippen molar-refractivity contribution in [2.45, 2.75) is 26.2 Å². The van der Waals surface area contributed by atoms with Crippen LogP contribution in [0, 0.1) is 0 Å². The van der Waals surface area contributed by atoms with Gasteiger partial charge < -0.3 is 15.9 Å². The van der Waals surface area contributed by atoms with Crippen LogP contribution in [-0.2, 0) is 17.6 Å². The third kappa shape index (κ3) is 4.63. The Hall–Kier alpha value is -2.76. The average molecular weight is 431 g/mol. The molecule has 0 spiro atoms. The fourth-order valence-corrected chi connectivity index (χ4v) is 3.56. The molecule has 0 fully saturated rings. The first-order valence-corrected chi connectivity index (χ1v) is 9.84. The molecular formula is C22H20Cl2N2O3. The van der Waals surface area contributed by atoms with Crippen molar-refractivity contribution in [2.24, 2.45) is 4.99 Å². The summed E-state index contributed by atoms with van der Waals surface area (Å²) in [5.41, 5.74) is 9.48. The van der Waals surface area contributed by atoms with Crippen molar-refractivity contribution in [1.29, 1.82) is 0 Å². The van der Waals surface area contributed by atoms with Gasteiger partial charge in [0.25, 0.3) is 0 Å². The summed E-state index contributed by atoms with van der Waals surface area (Å²) in [6.07, 6.45) is 5.90. The number of aromatic hydroxyl groups is 2.